The van der Waals surface area contributed by atoms with Crippen LogP contribution in [0.25, 0.3) is 0 Å². The van der Waals surface area contributed by atoms with Gasteiger partial charge in [-0.05, 0) is 111 Å². The fraction of sp³-hybridized carbons (Fsp3) is 0.377. The Morgan fingerprint density at radius 1 is 0.863 bits per heavy atom. The maximum absolute atomic E-state index is 15.1. The highest BCUT2D eigenvalue weighted by atomic mass is 32.3. The Morgan fingerprint density at radius 3 is 2.21 bits per heavy atom. The molecule has 73 heavy (non-hydrogen) atoms. The molecule has 1 amide bonds. The maximum Gasteiger partial charge on any atom is 0.420 e. The van der Waals surface area contributed by atoms with Crippen LogP contribution in [0.2, 0.25) is 0 Å². The van der Waals surface area contributed by atoms with E-state index in [1.54, 1.807) is 11.0 Å². The zero-order valence-electron chi connectivity index (χ0n) is 40.6. The van der Waals surface area contributed by atoms with Gasteiger partial charge in [-0.1, -0.05) is 42.1 Å². The van der Waals surface area contributed by atoms with Gasteiger partial charge in [0.15, 0.2) is 17.8 Å². The molecule has 6 aromatic rings. The summed E-state index contributed by atoms with van der Waals surface area (Å²) >= 11 is 0. The van der Waals surface area contributed by atoms with E-state index >= 15 is 9.18 Å². The number of nitrogens with zero attached hydrogens (tertiary/aromatic N) is 6. The molecule has 0 aliphatic carbocycles. The van der Waals surface area contributed by atoms with Crippen LogP contribution in [0.15, 0.2) is 121 Å². The van der Waals surface area contributed by atoms with E-state index < -0.39 is 51.5 Å². The lowest BCUT2D eigenvalue weighted by molar-refractivity contribution is -0.138. The van der Waals surface area contributed by atoms with Crippen LogP contribution in [0.3, 0.4) is 0 Å². The van der Waals surface area contributed by atoms with Gasteiger partial charge in [0, 0.05) is 71.6 Å². The van der Waals surface area contributed by atoms with Crippen molar-refractivity contribution in [3.8, 4) is 23.0 Å². The molecule has 3 saturated heterocycles. The van der Waals surface area contributed by atoms with Crippen molar-refractivity contribution < 1.29 is 55.9 Å². The van der Waals surface area contributed by atoms with Crippen molar-refractivity contribution in [1.82, 2.24) is 19.7 Å². The number of halogens is 5. The smallest absolute Gasteiger partial charge is 0.420 e. The number of aromatic nitrogens is 3. The Kier molecular flexibility index (Phi) is 15.0. The van der Waals surface area contributed by atoms with Crippen molar-refractivity contribution >= 4 is 32.5 Å². The van der Waals surface area contributed by atoms with Crippen LogP contribution < -0.4 is 24.0 Å². The van der Waals surface area contributed by atoms with Gasteiger partial charge in [-0.15, -0.1) is 0 Å². The minimum absolute atomic E-state index is 0.00582. The van der Waals surface area contributed by atoms with Crippen molar-refractivity contribution in [3.05, 3.63) is 144 Å². The van der Waals surface area contributed by atoms with E-state index in [9.17, 15) is 27.8 Å². The van der Waals surface area contributed by atoms with E-state index in [0.717, 1.165) is 36.3 Å². The average molecular weight is 1030 g/mol. The first-order valence-electron chi connectivity index (χ1n) is 24.2. The quantitative estimate of drug-likeness (QED) is 0.0428. The lowest BCUT2D eigenvalue weighted by Crippen LogP contribution is -2.46. The number of nitrogens with one attached hydrogen (secondary N) is 1. The molecule has 0 radical (unpaired) electrons. The van der Waals surface area contributed by atoms with Crippen LogP contribution >= 0.6 is 10.2 Å². The number of anilines is 3. The lowest BCUT2D eigenvalue weighted by atomic mass is 9.94. The van der Waals surface area contributed by atoms with Crippen molar-refractivity contribution in [2.75, 3.05) is 66.3 Å². The van der Waals surface area contributed by atoms with E-state index in [-0.39, 0.29) is 71.9 Å². The number of aromatic hydroxyl groups is 2. The number of carbonyl (C=O) groups excluding carboxylic acids is 1. The predicted molar refractivity (Wildman–Crippen MR) is 267 cm³/mol. The number of piperazine rings is 1. The zero-order chi connectivity index (χ0) is 51.5. The van der Waals surface area contributed by atoms with Gasteiger partial charge in [0.05, 0.1) is 31.4 Å². The summed E-state index contributed by atoms with van der Waals surface area (Å²) in [5.41, 5.74) is 0.499. The molecular weight excluding hydrogens is 974 g/mol. The SMILES string of the molecule is CCCCCOc1ccc(NS2(c3ccc(N4CCN(c5ccc(OC[C@H]6OC[C@](Cn7cncn7)(c7ccc(F)cc7F)O6)cc5)CC4)cc3)CC(c3ccc(O)c(O)c3)N(C(C)C)C2=O)cc1C(F)(F)F. The molecule has 14 nitrogen and oxygen atoms in total. The second kappa shape index (κ2) is 21.4. The number of rotatable bonds is 18. The number of ether oxygens (including phenoxy) is 4. The summed E-state index contributed by atoms with van der Waals surface area (Å²) in [4.78, 5) is 25.9. The molecule has 0 saturated carbocycles. The van der Waals surface area contributed by atoms with Gasteiger partial charge in [0.1, 0.15) is 48.0 Å². The van der Waals surface area contributed by atoms with Gasteiger partial charge >= 0.3 is 6.18 Å². The Morgan fingerprint density at radius 2 is 1.58 bits per heavy atom. The number of alkyl halides is 3. The highest BCUT2D eigenvalue weighted by Gasteiger charge is 2.51. The summed E-state index contributed by atoms with van der Waals surface area (Å²) < 4.78 is 102. The highest BCUT2D eigenvalue weighted by molar-refractivity contribution is 8.46. The number of unbranched alkanes of at least 4 members (excludes halogenated alkanes) is 2. The molecule has 1 aromatic heterocycles. The number of benzene rings is 5. The Hall–Kier alpha value is -6.77. The maximum atomic E-state index is 15.1. The molecule has 20 heteroatoms. The molecule has 0 spiro atoms. The summed E-state index contributed by atoms with van der Waals surface area (Å²) in [7, 11) is -2.82. The van der Waals surface area contributed by atoms with Crippen molar-refractivity contribution in [2.24, 2.45) is 0 Å². The number of carbonyl (C=O) groups is 1. The van der Waals surface area contributed by atoms with Gasteiger partial charge in [-0.25, -0.2) is 18.4 Å². The summed E-state index contributed by atoms with van der Waals surface area (Å²) in [6.07, 6.45) is -0.418. The molecule has 3 aliphatic rings. The number of hydrogen-bond acceptors (Lipinski definition) is 12. The average Bonchev–Trinajstić information content (AvgIpc) is 4.12. The summed E-state index contributed by atoms with van der Waals surface area (Å²) in [5, 5.41) is 24.5. The minimum atomic E-state index is -4.73. The van der Waals surface area contributed by atoms with Crippen LogP contribution in [-0.4, -0.2) is 99.2 Å². The largest absolute Gasteiger partial charge is 0.504 e. The number of phenolic OH excluding ortho intramolecular Hbond substituents is 2. The fourth-order valence-corrected chi connectivity index (χ4v) is 13.2. The van der Waals surface area contributed by atoms with Crippen LogP contribution in [0, 0.1) is 11.6 Å². The van der Waals surface area contributed by atoms with Crippen LogP contribution in [0.5, 0.6) is 23.0 Å². The molecule has 3 aliphatic heterocycles. The molecule has 388 valence electrons. The highest BCUT2D eigenvalue weighted by Crippen LogP contribution is 2.65. The van der Waals surface area contributed by atoms with Crippen molar-refractivity contribution in [2.45, 2.75) is 81.6 Å². The Bertz CT molecular complexity index is 2860. The van der Waals surface area contributed by atoms with E-state index in [1.807, 2.05) is 69.3 Å². The van der Waals surface area contributed by atoms with Crippen LogP contribution in [-0.2, 0) is 27.8 Å². The zero-order valence-corrected chi connectivity index (χ0v) is 41.4. The third kappa shape index (κ3) is 11.0. The summed E-state index contributed by atoms with van der Waals surface area (Å²) in [6, 6.07) is 26.0. The molecule has 2 unspecified atom stereocenters. The first-order chi connectivity index (χ1) is 35.1. The number of amides is 1. The predicted octanol–water partition coefficient (Wildman–Crippen LogP) is 11.0. The Labute approximate surface area is 421 Å². The lowest BCUT2D eigenvalue weighted by Gasteiger charge is -2.39. The molecule has 9 rings (SSSR count). The second-order valence-electron chi connectivity index (χ2n) is 18.6. The van der Waals surface area contributed by atoms with E-state index in [0.29, 0.717) is 48.8 Å². The molecule has 5 aromatic carbocycles. The molecule has 4 heterocycles. The van der Waals surface area contributed by atoms with Gasteiger partial charge < -0.3 is 48.6 Å². The van der Waals surface area contributed by atoms with E-state index in [1.165, 1.54) is 53.7 Å². The minimum Gasteiger partial charge on any atom is -0.504 e. The number of phenols is 2. The van der Waals surface area contributed by atoms with Crippen LogP contribution in [0.4, 0.5) is 43.8 Å². The monoisotopic (exact) mass is 1030 g/mol. The fourth-order valence-electron chi connectivity index (χ4n) is 9.69. The molecule has 3 N–H and O–H groups in total. The third-order valence-electron chi connectivity index (χ3n) is 13.4. The molecular formula is C53H58F5N7O7S. The molecule has 4 atom stereocenters. The van der Waals surface area contributed by atoms with E-state index in [4.69, 9.17) is 18.9 Å². The normalized spacial score (nSPS) is 22.2. The first kappa shape index (κ1) is 51.1. The van der Waals surface area contributed by atoms with Crippen molar-refractivity contribution in [3.63, 3.8) is 0 Å². The van der Waals surface area contributed by atoms with Crippen LogP contribution in [0.1, 0.15) is 62.8 Å². The van der Waals surface area contributed by atoms with E-state index in [2.05, 4.69) is 24.6 Å². The topological polar surface area (TPSA) is 147 Å². The van der Waals surface area contributed by atoms with Gasteiger partial charge in [0.25, 0.3) is 5.24 Å². The third-order valence-corrected chi connectivity index (χ3v) is 16.7. The molecule has 3 fully saturated rings. The molecule has 0 bridgehead atoms. The van der Waals surface area contributed by atoms with Crippen molar-refractivity contribution in [1.29, 1.82) is 0 Å². The Balaban J connectivity index is 0.882. The number of hydrogen-bond donors (Lipinski definition) is 3. The standard InChI is InChI=1S/C53H58F5N7O7S/c1-4-5-6-25-69-49-20-9-38(28-44(49)53(56,57)58)61-73(30-46(65(35(2)3)51(73)68)36-7-19-47(66)48(67)26-36)42-16-12-40(13-17-42)63-23-21-62(22-24-63)39-10-14-41(15-11-39)70-29-50-71-32-52(72-50,31-64-34-59-33-60-64)43-18-8-37(54)27-45(43)55/h7-20,26-28,33-35,46,50,61,66-67H,4-6,21-25,29-32H2,1-3H3/t46?,50-,52+/m0/s1. The first-order valence-corrected chi connectivity index (χ1v) is 26.0. The van der Waals surface area contributed by atoms with Gasteiger partial charge in [-0.2, -0.15) is 18.3 Å². The second-order valence-corrected chi connectivity index (χ2v) is 21.5. The van der Waals surface area contributed by atoms with Gasteiger partial charge in [-0.3, -0.25) is 4.79 Å². The van der Waals surface area contributed by atoms with Gasteiger partial charge in [0.2, 0.25) is 0 Å². The summed E-state index contributed by atoms with van der Waals surface area (Å²) in [6.45, 7) is 8.68. The summed E-state index contributed by atoms with van der Waals surface area (Å²) in [5.74, 6) is -1.65.